The van der Waals surface area contributed by atoms with Gasteiger partial charge in [-0.3, -0.25) is 9.69 Å². The van der Waals surface area contributed by atoms with E-state index in [9.17, 15) is 4.79 Å². The van der Waals surface area contributed by atoms with Gasteiger partial charge in [0.25, 0.3) is 5.91 Å². The number of nitrogens with zero attached hydrogens (tertiary/aromatic N) is 1. The minimum absolute atomic E-state index is 0.0640. The van der Waals surface area contributed by atoms with Crippen molar-refractivity contribution in [2.45, 2.75) is 6.54 Å². The van der Waals surface area contributed by atoms with E-state index in [-0.39, 0.29) is 5.91 Å². The molecule has 134 valence electrons. The summed E-state index contributed by atoms with van der Waals surface area (Å²) >= 11 is 9.01. The Labute approximate surface area is 180 Å². The number of amides is 1. The van der Waals surface area contributed by atoms with E-state index in [4.69, 9.17) is 16.6 Å². The molecule has 1 fully saturated rings. The van der Waals surface area contributed by atoms with Crippen LogP contribution in [0.15, 0.2) is 76.2 Å². The Kier molecular flexibility index (Phi) is 5.47. The third kappa shape index (κ3) is 4.17. The molecule has 0 bridgehead atoms. The number of hydrogen-bond donors (Lipinski definition) is 0. The molecule has 27 heavy (non-hydrogen) atoms. The fraction of sp³-hybridized carbons (Fsp3) is 0.0476. The average Bonchev–Trinajstić information content (AvgIpc) is 3.24. The standard InChI is InChI=1S/C21H14INO2S2/c22-17-8-6-16(7-9-17)18-10-15(13-25-18)11-19-20(24)23(21(26)27-19)12-14-4-2-1-3-5-14/h1-11,13H,12H2/b19-11+. The zero-order valence-corrected chi connectivity index (χ0v) is 17.9. The van der Waals surface area contributed by atoms with Crippen LogP contribution in [0.4, 0.5) is 0 Å². The molecule has 2 heterocycles. The molecular weight excluding hydrogens is 489 g/mol. The van der Waals surface area contributed by atoms with Gasteiger partial charge in [0.15, 0.2) is 0 Å². The molecule has 3 nitrogen and oxygen atoms in total. The maximum Gasteiger partial charge on any atom is 0.266 e. The highest BCUT2D eigenvalue weighted by Crippen LogP contribution is 2.34. The summed E-state index contributed by atoms with van der Waals surface area (Å²) in [4.78, 5) is 15.0. The Morgan fingerprint density at radius 1 is 1.11 bits per heavy atom. The lowest BCUT2D eigenvalue weighted by atomic mass is 10.1. The molecule has 0 aliphatic carbocycles. The highest BCUT2D eigenvalue weighted by atomic mass is 127. The van der Waals surface area contributed by atoms with Crippen molar-refractivity contribution in [2.24, 2.45) is 0 Å². The number of benzene rings is 2. The molecule has 1 aromatic heterocycles. The summed E-state index contributed by atoms with van der Waals surface area (Å²) in [5.74, 6) is 0.711. The predicted octanol–water partition coefficient (Wildman–Crippen LogP) is 5.95. The molecule has 0 atom stereocenters. The second kappa shape index (κ2) is 8.00. The second-order valence-corrected chi connectivity index (χ2v) is 8.93. The lowest BCUT2D eigenvalue weighted by molar-refractivity contribution is -0.122. The van der Waals surface area contributed by atoms with Crippen molar-refractivity contribution >= 4 is 62.9 Å². The number of thioether (sulfide) groups is 1. The molecule has 3 aromatic rings. The first-order valence-corrected chi connectivity index (χ1v) is 10.5. The van der Waals surface area contributed by atoms with Crippen LogP contribution in [0.3, 0.4) is 0 Å². The number of carbonyl (C=O) groups is 1. The first kappa shape index (κ1) is 18.5. The van der Waals surface area contributed by atoms with Crippen LogP contribution >= 0.6 is 46.6 Å². The molecule has 4 rings (SSSR count). The maximum absolute atomic E-state index is 12.8. The second-order valence-electron chi connectivity index (χ2n) is 6.00. The molecule has 0 radical (unpaired) electrons. The molecule has 0 spiro atoms. The molecule has 1 aliphatic rings. The van der Waals surface area contributed by atoms with Crippen LogP contribution in [-0.2, 0) is 11.3 Å². The van der Waals surface area contributed by atoms with Crippen LogP contribution < -0.4 is 0 Å². The summed E-state index contributed by atoms with van der Waals surface area (Å²) in [7, 11) is 0. The van der Waals surface area contributed by atoms with Gasteiger partial charge in [-0.05, 0) is 52.4 Å². The van der Waals surface area contributed by atoms with E-state index in [0.717, 1.165) is 22.5 Å². The minimum atomic E-state index is -0.0640. The summed E-state index contributed by atoms with van der Waals surface area (Å²) < 4.78 is 7.42. The summed E-state index contributed by atoms with van der Waals surface area (Å²) in [6, 6.07) is 19.9. The Morgan fingerprint density at radius 3 is 2.59 bits per heavy atom. The molecule has 1 amide bonds. The summed E-state index contributed by atoms with van der Waals surface area (Å²) in [5.41, 5.74) is 2.91. The first-order valence-electron chi connectivity index (χ1n) is 8.24. The third-order valence-electron chi connectivity index (χ3n) is 4.10. The largest absolute Gasteiger partial charge is 0.464 e. The molecule has 2 aromatic carbocycles. The van der Waals surface area contributed by atoms with Gasteiger partial charge in [-0.1, -0.05) is 66.4 Å². The van der Waals surface area contributed by atoms with Crippen LogP contribution in [0.5, 0.6) is 0 Å². The number of furan rings is 1. The SMILES string of the molecule is O=C1/C(=C\c2coc(-c3ccc(I)cc3)c2)SC(=S)N1Cc1ccccc1. The molecule has 0 saturated carbocycles. The maximum atomic E-state index is 12.8. The minimum Gasteiger partial charge on any atom is -0.464 e. The van der Waals surface area contributed by atoms with Crippen molar-refractivity contribution < 1.29 is 9.21 Å². The summed E-state index contributed by atoms with van der Waals surface area (Å²) in [6.45, 7) is 0.488. The smallest absolute Gasteiger partial charge is 0.266 e. The van der Waals surface area contributed by atoms with E-state index < -0.39 is 0 Å². The first-order chi connectivity index (χ1) is 13.1. The van der Waals surface area contributed by atoms with E-state index in [1.807, 2.05) is 66.7 Å². The zero-order valence-electron chi connectivity index (χ0n) is 14.1. The van der Waals surface area contributed by atoms with Crippen molar-refractivity contribution in [3.8, 4) is 11.3 Å². The normalized spacial score (nSPS) is 15.7. The molecule has 6 heteroatoms. The van der Waals surface area contributed by atoms with Gasteiger partial charge in [-0.2, -0.15) is 0 Å². The van der Waals surface area contributed by atoms with Gasteiger partial charge in [-0.25, -0.2) is 0 Å². The van der Waals surface area contributed by atoms with Crippen LogP contribution in [0.2, 0.25) is 0 Å². The zero-order chi connectivity index (χ0) is 18.8. The monoisotopic (exact) mass is 503 g/mol. The lowest BCUT2D eigenvalue weighted by Crippen LogP contribution is -2.27. The van der Waals surface area contributed by atoms with Crippen molar-refractivity contribution in [3.63, 3.8) is 0 Å². The van der Waals surface area contributed by atoms with E-state index in [1.54, 1.807) is 11.2 Å². The van der Waals surface area contributed by atoms with Gasteiger partial charge in [0, 0.05) is 14.7 Å². The van der Waals surface area contributed by atoms with Crippen LogP contribution in [0.25, 0.3) is 17.4 Å². The van der Waals surface area contributed by atoms with Gasteiger partial charge in [0.2, 0.25) is 0 Å². The topological polar surface area (TPSA) is 33.5 Å². The van der Waals surface area contributed by atoms with Gasteiger partial charge in [0.05, 0.1) is 17.7 Å². The van der Waals surface area contributed by atoms with Crippen molar-refractivity contribution in [3.05, 3.63) is 86.5 Å². The molecule has 1 saturated heterocycles. The molecule has 0 unspecified atom stereocenters. The average molecular weight is 503 g/mol. The van der Waals surface area contributed by atoms with Crippen molar-refractivity contribution in [2.75, 3.05) is 0 Å². The lowest BCUT2D eigenvalue weighted by Gasteiger charge is -2.14. The Bertz CT molecular complexity index is 1030. The molecule has 0 N–H and O–H groups in total. The van der Waals surface area contributed by atoms with E-state index in [0.29, 0.717) is 15.8 Å². The number of hydrogen-bond acceptors (Lipinski definition) is 4. The van der Waals surface area contributed by atoms with Crippen molar-refractivity contribution in [1.82, 2.24) is 4.90 Å². The summed E-state index contributed by atoms with van der Waals surface area (Å²) in [5, 5.41) is 0. The van der Waals surface area contributed by atoms with Gasteiger partial charge >= 0.3 is 0 Å². The Morgan fingerprint density at radius 2 is 1.85 bits per heavy atom. The van der Waals surface area contributed by atoms with Crippen molar-refractivity contribution in [1.29, 1.82) is 0 Å². The van der Waals surface area contributed by atoms with Crippen LogP contribution in [-0.4, -0.2) is 15.1 Å². The van der Waals surface area contributed by atoms with Crippen LogP contribution in [0.1, 0.15) is 11.1 Å². The van der Waals surface area contributed by atoms with Gasteiger partial charge in [0.1, 0.15) is 10.1 Å². The third-order valence-corrected chi connectivity index (χ3v) is 6.20. The molecule has 1 aliphatic heterocycles. The predicted molar refractivity (Wildman–Crippen MR) is 122 cm³/mol. The van der Waals surface area contributed by atoms with E-state index in [2.05, 4.69) is 22.6 Å². The quantitative estimate of drug-likeness (QED) is 0.250. The van der Waals surface area contributed by atoms with Gasteiger partial charge in [-0.15, -0.1) is 0 Å². The molecular formula is C21H14INO2S2. The highest BCUT2D eigenvalue weighted by molar-refractivity contribution is 14.1. The summed E-state index contributed by atoms with van der Waals surface area (Å²) in [6.07, 6.45) is 3.50. The Hall–Kier alpha value is -1.90. The van der Waals surface area contributed by atoms with E-state index in [1.165, 1.54) is 15.3 Å². The number of carbonyl (C=O) groups excluding carboxylic acids is 1. The Balaban J connectivity index is 1.53. The number of rotatable bonds is 4. The fourth-order valence-electron chi connectivity index (χ4n) is 2.75. The van der Waals surface area contributed by atoms with Gasteiger partial charge < -0.3 is 4.42 Å². The highest BCUT2D eigenvalue weighted by Gasteiger charge is 2.32. The fourth-order valence-corrected chi connectivity index (χ4v) is 4.36. The van der Waals surface area contributed by atoms with Crippen LogP contribution in [0, 0.1) is 3.57 Å². The number of thiocarbonyl (C=S) groups is 1. The number of halogens is 1. The van der Waals surface area contributed by atoms with E-state index >= 15 is 0 Å².